The summed E-state index contributed by atoms with van der Waals surface area (Å²) in [6.45, 7) is 1.78. The highest BCUT2D eigenvalue weighted by Crippen LogP contribution is 2.20. The molecule has 0 amide bonds. The molecule has 1 aliphatic rings. The predicted octanol–water partition coefficient (Wildman–Crippen LogP) is 2.32. The van der Waals surface area contributed by atoms with Gasteiger partial charge in [0.1, 0.15) is 0 Å². The monoisotopic (exact) mass is 316 g/mol. The SMILES string of the molecule is O=S(=O)(CCc1ccccc1)Nc1ccc2c(c1)CNCC2. The van der Waals surface area contributed by atoms with E-state index in [0.717, 1.165) is 25.1 Å². The zero-order valence-electron chi connectivity index (χ0n) is 12.4. The van der Waals surface area contributed by atoms with Gasteiger partial charge in [-0.2, -0.15) is 0 Å². The van der Waals surface area contributed by atoms with E-state index in [9.17, 15) is 8.42 Å². The van der Waals surface area contributed by atoms with Crippen LogP contribution in [0.5, 0.6) is 0 Å². The van der Waals surface area contributed by atoms with Gasteiger partial charge in [-0.05, 0) is 48.2 Å². The molecule has 1 aliphatic heterocycles. The minimum Gasteiger partial charge on any atom is -0.312 e. The number of sulfonamides is 1. The molecule has 0 saturated carbocycles. The summed E-state index contributed by atoms with van der Waals surface area (Å²) >= 11 is 0. The number of anilines is 1. The summed E-state index contributed by atoms with van der Waals surface area (Å²) in [5, 5.41) is 3.30. The highest BCUT2D eigenvalue weighted by atomic mass is 32.2. The molecule has 116 valence electrons. The van der Waals surface area contributed by atoms with E-state index in [1.807, 2.05) is 48.5 Å². The fourth-order valence-corrected chi connectivity index (χ4v) is 3.76. The minimum absolute atomic E-state index is 0.0896. The molecule has 0 atom stereocenters. The highest BCUT2D eigenvalue weighted by molar-refractivity contribution is 7.92. The quantitative estimate of drug-likeness (QED) is 0.890. The summed E-state index contributed by atoms with van der Waals surface area (Å²) in [7, 11) is -3.33. The molecule has 0 radical (unpaired) electrons. The third kappa shape index (κ3) is 3.87. The van der Waals surface area contributed by atoms with Gasteiger partial charge in [-0.15, -0.1) is 0 Å². The highest BCUT2D eigenvalue weighted by Gasteiger charge is 2.13. The van der Waals surface area contributed by atoms with Crippen LogP contribution in [0.2, 0.25) is 0 Å². The van der Waals surface area contributed by atoms with E-state index >= 15 is 0 Å². The van der Waals surface area contributed by atoms with E-state index in [-0.39, 0.29) is 5.75 Å². The summed E-state index contributed by atoms with van der Waals surface area (Å²) in [6, 6.07) is 15.5. The second-order valence-electron chi connectivity index (χ2n) is 5.57. The van der Waals surface area contributed by atoms with Gasteiger partial charge in [0.05, 0.1) is 5.75 Å². The lowest BCUT2D eigenvalue weighted by Gasteiger charge is -2.18. The lowest BCUT2D eigenvalue weighted by molar-refractivity contribution is 0.600. The van der Waals surface area contributed by atoms with Crippen LogP contribution in [0.3, 0.4) is 0 Å². The van der Waals surface area contributed by atoms with Crippen molar-refractivity contribution < 1.29 is 8.42 Å². The minimum atomic E-state index is -3.33. The Labute approximate surface area is 131 Å². The first kappa shape index (κ1) is 15.1. The van der Waals surface area contributed by atoms with Crippen molar-refractivity contribution in [2.45, 2.75) is 19.4 Å². The molecule has 2 N–H and O–H groups in total. The average Bonchev–Trinajstić information content (AvgIpc) is 2.54. The molecular weight excluding hydrogens is 296 g/mol. The van der Waals surface area contributed by atoms with Crippen LogP contribution >= 0.6 is 0 Å². The third-order valence-corrected chi connectivity index (χ3v) is 5.16. The normalized spacial score (nSPS) is 14.4. The molecule has 22 heavy (non-hydrogen) atoms. The summed E-state index contributed by atoms with van der Waals surface area (Å²) in [6.07, 6.45) is 1.51. The predicted molar refractivity (Wildman–Crippen MR) is 89.4 cm³/mol. The van der Waals surface area contributed by atoms with Crippen molar-refractivity contribution in [1.82, 2.24) is 5.32 Å². The molecule has 3 rings (SSSR count). The van der Waals surface area contributed by atoms with Crippen LogP contribution in [0, 0.1) is 0 Å². The molecule has 0 saturated heterocycles. The Bertz CT molecular complexity index is 743. The lowest BCUT2D eigenvalue weighted by Crippen LogP contribution is -2.24. The molecule has 0 spiro atoms. The zero-order chi connectivity index (χ0) is 15.4. The summed E-state index contributed by atoms with van der Waals surface area (Å²) in [5.74, 6) is 0.0896. The van der Waals surface area contributed by atoms with Crippen LogP contribution < -0.4 is 10.0 Å². The van der Waals surface area contributed by atoms with Gasteiger partial charge < -0.3 is 5.32 Å². The largest absolute Gasteiger partial charge is 0.312 e. The fraction of sp³-hybridized carbons (Fsp3) is 0.294. The molecule has 2 aromatic rings. The Balaban J connectivity index is 1.66. The van der Waals surface area contributed by atoms with Crippen LogP contribution in [-0.4, -0.2) is 20.7 Å². The molecular formula is C17H20N2O2S. The Hall–Kier alpha value is -1.85. The second kappa shape index (κ2) is 6.50. The van der Waals surface area contributed by atoms with Crippen LogP contribution in [0.15, 0.2) is 48.5 Å². The molecule has 0 aliphatic carbocycles. The van der Waals surface area contributed by atoms with Gasteiger partial charge >= 0.3 is 0 Å². The number of fused-ring (bicyclic) bond motifs is 1. The average molecular weight is 316 g/mol. The Kier molecular flexibility index (Phi) is 4.45. The third-order valence-electron chi connectivity index (χ3n) is 3.87. The number of rotatable bonds is 5. The maximum Gasteiger partial charge on any atom is 0.233 e. The van der Waals surface area contributed by atoms with Gasteiger partial charge in [0.15, 0.2) is 0 Å². The van der Waals surface area contributed by atoms with Crippen LogP contribution in [0.1, 0.15) is 16.7 Å². The van der Waals surface area contributed by atoms with Crippen molar-refractivity contribution in [2.24, 2.45) is 0 Å². The van der Waals surface area contributed by atoms with Crippen LogP contribution in [-0.2, 0) is 29.4 Å². The Morgan fingerprint density at radius 1 is 1.05 bits per heavy atom. The standard InChI is InChI=1S/C17H20N2O2S/c20-22(21,11-9-14-4-2-1-3-5-14)19-17-7-6-15-8-10-18-13-16(15)12-17/h1-7,12,18-19H,8-11,13H2. The molecule has 0 unspecified atom stereocenters. The fourth-order valence-electron chi connectivity index (χ4n) is 2.67. The zero-order valence-corrected chi connectivity index (χ0v) is 13.2. The molecule has 0 bridgehead atoms. The van der Waals surface area contributed by atoms with Gasteiger partial charge in [-0.1, -0.05) is 36.4 Å². The van der Waals surface area contributed by atoms with Crippen molar-refractivity contribution in [3.8, 4) is 0 Å². The van der Waals surface area contributed by atoms with Gasteiger partial charge in [0, 0.05) is 12.2 Å². The molecule has 5 heteroatoms. The van der Waals surface area contributed by atoms with Crippen LogP contribution in [0.4, 0.5) is 5.69 Å². The van der Waals surface area contributed by atoms with E-state index in [1.54, 1.807) is 0 Å². The van der Waals surface area contributed by atoms with E-state index in [0.29, 0.717) is 12.1 Å². The first-order valence-corrected chi connectivity index (χ1v) is 9.14. The number of hydrogen-bond donors (Lipinski definition) is 2. The maximum absolute atomic E-state index is 12.2. The van der Waals surface area contributed by atoms with Gasteiger partial charge in [0.2, 0.25) is 10.0 Å². The smallest absolute Gasteiger partial charge is 0.233 e. The van der Waals surface area contributed by atoms with E-state index in [2.05, 4.69) is 10.0 Å². The van der Waals surface area contributed by atoms with Crippen LogP contribution in [0.25, 0.3) is 0 Å². The van der Waals surface area contributed by atoms with E-state index in [4.69, 9.17) is 0 Å². The second-order valence-corrected chi connectivity index (χ2v) is 7.41. The van der Waals surface area contributed by atoms with Gasteiger partial charge in [-0.3, -0.25) is 4.72 Å². The number of benzene rings is 2. The van der Waals surface area contributed by atoms with Crippen molar-refractivity contribution in [3.63, 3.8) is 0 Å². The summed E-state index contributed by atoms with van der Waals surface area (Å²) in [4.78, 5) is 0. The van der Waals surface area contributed by atoms with Crippen molar-refractivity contribution in [1.29, 1.82) is 0 Å². The van der Waals surface area contributed by atoms with Crippen molar-refractivity contribution in [2.75, 3.05) is 17.0 Å². The number of nitrogens with one attached hydrogen (secondary N) is 2. The van der Waals surface area contributed by atoms with E-state index < -0.39 is 10.0 Å². The molecule has 0 fully saturated rings. The van der Waals surface area contributed by atoms with Crippen molar-refractivity contribution in [3.05, 3.63) is 65.2 Å². The van der Waals surface area contributed by atoms with E-state index in [1.165, 1.54) is 11.1 Å². The van der Waals surface area contributed by atoms with Gasteiger partial charge in [-0.25, -0.2) is 8.42 Å². The Morgan fingerprint density at radius 3 is 2.68 bits per heavy atom. The molecule has 2 aromatic carbocycles. The molecule has 4 nitrogen and oxygen atoms in total. The molecule has 0 aromatic heterocycles. The Morgan fingerprint density at radius 2 is 1.86 bits per heavy atom. The number of aryl methyl sites for hydroxylation is 1. The maximum atomic E-state index is 12.2. The topological polar surface area (TPSA) is 58.2 Å². The van der Waals surface area contributed by atoms with Crippen molar-refractivity contribution >= 4 is 15.7 Å². The summed E-state index contributed by atoms with van der Waals surface area (Å²) in [5.41, 5.74) is 4.15. The molecule has 1 heterocycles. The first-order chi connectivity index (χ1) is 10.6. The summed E-state index contributed by atoms with van der Waals surface area (Å²) < 4.78 is 27.1. The van der Waals surface area contributed by atoms with Gasteiger partial charge in [0.25, 0.3) is 0 Å². The first-order valence-electron chi connectivity index (χ1n) is 7.49. The lowest BCUT2D eigenvalue weighted by atomic mass is 10.0. The number of hydrogen-bond acceptors (Lipinski definition) is 3.